The minimum absolute atomic E-state index is 1.22. The molecule has 0 spiro atoms. The monoisotopic (exact) mass is 359 g/mol. The van der Waals surface area contributed by atoms with Crippen molar-refractivity contribution >= 4 is 32.3 Å². The number of rotatable bonds is 8. The van der Waals surface area contributed by atoms with Gasteiger partial charge in [-0.2, -0.15) is 0 Å². The Morgan fingerprint density at radius 2 is 0.889 bits per heavy atom. The third-order valence-electron chi connectivity index (χ3n) is 5.31. The van der Waals surface area contributed by atoms with Crippen LogP contribution in [0.25, 0.3) is 32.3 Å². The van der Waals surface area contributed by atoms with E-state index in [4.69, 9.17) is 0 Å². The Morgan fingerprint density at radius 3 is 1.22 bits per heavy atom. The van der Waals surface area contributed by atoms with Gasteiger partial charge in [0.2, 0.25) is 0 Å². The van der Waals surface area contributed by atoms with Gasteiger partial charge in [-0.1, -0.05) is 100 Å². The van der Waals surface area contributed by atoms with E-state index in [1.54, 1.807) is 0 Å². The molecule has 1 N–H and O–H groups in total. The summed E-state index contributed by atoms with van der Waals surface area (Å²) in [6.45, 7) is 6.93. The quantitative estimate of drug-likeness (QED) is 0.253. The van der Waals surface area contributed by atoms with Crippen molar-refractivity contribution < 1.29 is 0 Å². The van der Waals surface area contributed by atoms with Crippen LogP contribution in [0.2, 0.25) is 0 Å². The second kappa shape index (κ2) is 10.3. The van der Waals surface area contributed by atoms with E-state index in [-0.39, 0.29) is 0 Å². The van der Waals surface area contributed by atoms with Crippen LogP contribution >= 0.6 is 0 Å². The fraction of sp³-hybridized carbons (Fsp3) is 0.385. The summed E-state index contributed by atoms with van der Waals surface area (Å²) in [6, 6.07) is 21.9. The molecule has 4 aromatic carbocycles. The molecule has 0 bridgehead atoms. The van der Waals surface area contributed by atoms with E-state index in [1.165, 1.54) is 83.9 Å². The summed E-state index contributed by atoms with van der Waals surface area (Å²) in [5.74, 6) is 0. The number of nitrogens with one attached hydrogen (secondary N) is 1. The molecule has 0 aliphatic rings. The zero-order valence-corrected chi connectivity index (χ0v) is 16.9. The lowest BCUT2D eigenvalue weighted by Gasteiger charge is -2.09. The van der Waals surface area contributed by atoms with Crippen molar-refractivity contribution in [1.82, 2.24) is 5.32 Å². The van der Waals surface area contributed by atoms with Crippen LogP contribution in [-0.2, 0) is 0 Å². The van der Waals surface area contributed by atoms with E-state index in [1.807, 2.05) is 0 Å². The Kier molecular flexibility index (Phi) is 7.47. The van der Waals surface area contributed by atoms with Crippen LogP contribution in [0.15, 0.2) is 60.7 Å². The topological polar surface area (TPSA) is 12.0 Å². The van der Waals surface area contributed by atoms with Crippen molar-refractivity contribution in [2.24, 2.45) is 0 Å². The zero-order chi connectivity index (χ0) is 18.9. The summed E-state index contributed by atoms with van der Waals surface area (Å²) in [5.41, 5.74) is 0. The largest absolute Gasteiger partial charge is 0.317 e. The standard InChI is InChI=1S/C16H10.C10H23N/c1-3-11-7-9-13-5-2-6-14-10-8-12(4-1)15(11)16(13)14;1-3-5-7-9-11-10-8-6-4-2/h1-10H;11H,3-10H2,1-2H3. The van der Waals surface area contributed by atoms with Crippen LogP contribution in [-0.4, -0.2) is 13.1 Å². The number of hydrogen-bond donors (Lipinski definition) is 1. The van der Waals surface area contributed by atoms with E-state index in [2.05, 4.69) is 79.8 Å². The Labute approximate surface area is 164 Å². The molecule has 4 aromatic rings. The Bertz CT molecular complexity index is 803. The van der Waals surface area contributed by atoms with Crippen LogP contribution in [0.5, 0.6) is 0 Å². The normalized spacial score (nSPS) is 11.2. The SMILES string of the molecule is CCCCCNCCCCC.c1cc2ccc3cccc4ccc(c1)c2c34. The highest BCUT2D eigenvalue weighted by Crippen LogP contribution is 2.33. The maximum absolute atomic E-state index is 3.46. The highest BCUT2D eigenvalue weighted by atomic mass is 14.8. The summed E-state index contributed by atoms with van der Waals surface area (Å²) in [7, 11) is 0. The first-order chi connectivity index (χ1) is 13.3. The van der Waals surface area contributed by atoms with E-state index in [0.29, 0.717) is 0 Å². The van der Waals surface area contributed by atoms with Crippen LogP contribution in [0, 0.1) is 0 Å². The fourth-order valence-electron chi connectivity index (χ4n) is 3.79. The van der Waals surface area contributed by atoms with Crippen molar-refractivity contribution in [3.05, 3.63) is 60.7 Å². The van der Waals surface area contributed by atoms with E-state index < -0.39 is 0 Å². The maximum atomic E-state index is 3.46. The molecule has 0 fully saturated rings. The Hall–Kier alpha value is -2.12. The predicted molar refractivity (Wildman–Crippen MR) is 122 cm³/mol. The number of unbranched alkanes of at least 4 members (excludes halogenated alkanes) is 4. The lowest BCUT2D eigenvalue weighted by Crippen LogP contribution is -2.16. The molecule has 142 valence electrons. The van der Waals surface area contributed by atoms with E-state index in [9.17, 15) is 0 Å². The van der Waals surface area contributed by atoms with Gasteiger partial charge in [-0.25, -0.2) is 0 Å². The zero-order valence-electron chi connectivity index (χ0n) is 16.9. The first-order valence-electron chi connectivity index (χ1n) is 10.7. The van der Waals surface area contributed by atoms with Crippen LogP contribution in [0.1, 0.15) is 52.4 Å². The van der Waals surface area contributed by atoms with Gasteiger partial charge in [-0.3, -0.25) is 0 Å². The van der Waals surface area contributed by atoms with Crippen molar-refractivity contribution in [2.75, 3.05) is 13.1 Å². The molecule has 0 aliphatic carbocycles. The first-order valence-corrected chi connectivity index (χ1v) is 10.7. The molecule has 0 radical (unpaired) electrons. The lowest BCUT2D eigenvalue weighted by molar-refractivity contribution is 0.583. The second-order valence-electron chi connectivity index (χ2n) is 7.45. The maximum Gasteiger partial charge on any atom is -0.00268 e. The number of benzene rings is 4. The molecular weight excluding hydrogens is 326 g/mol. The smallest absolute Gasteiger partial charge is 0.00268 e. The summed E-state index contributed by atoms with van der Waals surface area (Å²) in [4.78, 5) is 0. The highest BCUT2D eigenvalue weighted by molar-refractivity contribution is 6.22. The number of hydrogen-bond acceptors (Lipinski definition) is 1. The molecule has 0 saturated carbocycles. The molecule has 1 nitrogen and oxygen atoms in total. The minimum atomic E-state index is 1.22. The molecular formula is C26H33N. The van der Waals surface area contributed by atoms with Crippen molar-refractivity contribution in [2.45, 2.75) is 52.4 Å². The van der Waals surface area contributed by atoms with Gasteiger partial charge >= 0.3 is 0 Å². The minimum Gasteiger partial charge on any atom is -0.317 e. The van der Waals surface area contributed by atoms with Crippen LogP contribution in [0.4, 0.5) is 0 Å². The third kappa shape index (κ3) is 4.99. The summed E-state index contributed by atoms with van der Waals surface area (Å²) >= 11 is 0. The average molecular weight is 360 g/mol. The molecule has 0 unspecified atom stereocenters. The van der Waals surface area contributed by atoms with Gasteiger partial charge in [0.25, 0.3) is 0 Å². The van der Waals surface area contributed by atoms with Crippen LogP contribution in [0.3, 0.4) is 0 Å². The predicted octanol–water partition coefficient (Wildman–Crippen LogP) is 7.54. The van der Waals surface area contributed by atoms with Crippen molar-refractivity contribution in [1.29, 1.82) is 0 Å². The average Bonchev–Trinajstić information content (AvgIpc) is 2.72. The Morgan fingerprint density at radius 1 is 0.519 bits per heavy atom. The Balaban J connectivity index is 0.000000171. The molecule has 4 rings (SSSR count). The lowest BCUT2D eigenvalue weighted by atomic mass is 9.95. The van der Waals surface area contributed by atoms with Gasteiger partial charge in [0.05, 0.1) is 0 Å². The molecule has 0 heterocycles. The molecule has 0 saturated heterocycles. The summed E-state index contributed by atoms with van der Waals surface area (Å²) in [6.07, 6.45) is 8.11. The molecule has 27 heavy (non-hydrogen) atoms. The van der Waals surface area contributed by atoms with Crippen molar-refractivity contribution in [3.8, 4) is 0 Å². The molecule has 0 amide bonds. The van der Waals surface area contributed by atoms with E-state index >= 15 is 0 Å². The van der Waals surface area contributed by atoms with Gasteiger partial charge in [0.1, 0.15) is 0 Å². The molecule has 0 atom stereocenters. The molecule has 0 aliphatic heterocycles. The van der Waals surface area contributed by atoms with Gasteiger partial charge in [0.15, 0.2) is 0 Å². The highest BCUT2D eigenvalue weighted by Gasteiger charge is 2.05. The first kappa shape index (κ1) is 19.6. The van der Waals surface area contributed by atoms with Gasteiger partial charge in [0, 0.05) is 0 Å². The molecule has 0 aromatic heterocycles. The van der Waals surface area contributed by atoms with Gasteiger partial charge < -0.3 is 5.32 Å². The second-order valence-corrected chi connectivity index (χ2v) is 7.45. The summed E-state index contributed by atoms with van der Waals surface area (Å²) < 4.78 is 0. The van der Waals surface area contributed by atoms with Crippen LogP contribution < -0.4 is 5.32 Å². The summed E-state index contributed by atoms with van der Waals surface area (Å²) in [5, 5.41) is 11.6. The van der Waals surface area contributed by atoms with Gasteiger partial charge in [-0.15, -0.1) is 0 Å². The third-order valence-corrected chi connectivity index (χ3v) is 5.31. The van der Waals surface area contributed by atoms with Gasteiger partial charge in [-0.05, 0) is 58.2 Å². The van der Waals surface area contributed by atoms with Crippen molar-refractivity contribution in [3.63, 3.8) is 0 Å². The molecule has 1 heteroatoms. The fourth-order valence-corrected chi connectivity index (χ4v) is 3.79. The van der Waals surface area contributed by atoms with E-state index in [0.717, 1.165) is 0 Å².